The quantitative estimate of drug-likeness (QED) is 0.0483. The molecule has 0 aliphatic carbocycles. The second-order valence-corrected chi connectivity index (χ2v) is 19.1. The molecule has 0 rings (SSSR count). The number of hydrogen-bond donors (Lipinski definition) is 0. The van der Waals surface area contributed by atoms with Crippen molar-refractivity contribution < 1.29 is 14.3 Å². The van der Waals surface area contributed by atoms with Crippen LogP contribution in [0, 0.1) is 40.4 Å². The van der Waals surface area contributed by atoms with E-state index < -0.39 is 0 Å². The van der Waals surface area contributed by atoms with Crippen LogP contribution in [0.25, 0.3) is 0 Å². The first-order chi connectivity index (χ1) is 23.9. The summed E-state index contributed by atoms with van der Waals surface area (Å²) in [6.07, 6.45) is 23.2. The second kappa shape index (κ2) is 28.2. The molecule has 0 bridgehead atoms. The van der Waals surface area contributed by atoms with E-state index in [1.165, 1.54) is 77.0 Å². The molecule has 0 aromatic heterocycles. The summed E-state index contributed by atoms with van der Waals surface area (Å²) in [6.45, 7) is 34.2. The molecule has 0 spiro atoms. The fourth-order valence-corrected chi connectivity index (χ4v) is 6.95. The average Bonchev–Trinajstić information content (AvgIpc) is 3.02. The summed E-state index contributed by atoms with van der Waals surface area (Å²) in [7, 11) is 4.11. The van der Waals surface area contributed by atoms with Crippen LogP contribution >= 0.6 is 0 Å². The number of ether oxygens (including phenoxy) is 2. The fraction of sp³-hybridized carbons (Fsp3) is 0.894. The molecule has 4 heteroatoms. The molecule has 0 amide bonds. The molecule has 302 valence electrons. The molecule has 0 N–H and O–H groups in total. The van der Waals surface area contributed by atoms with Crippen molar-refractivity contribution in [3.8, 4) is 0 Å². The van der Waals surface area contributed by atoms with Crippen molar-refractivity contribution in [2.75, 3.05) is 33.9 Å². The lowest BCUT2D eigenvalue weighted by atomic mass is 9.83. The Hall–Kier alpha value is -1.29. The van der Waals surface area contributed by atoms with Gasteiger partial charge in [0.15, 0.2) is 0 Å². The Balaban J connectivity index is 4.59. The topological polar surface area (TPSA) is 38.8 Å². The number of Topliss-reactive ketones (excluding diaryl/α,β-unsaturated/α-hetero) is 1. The van der Waals surface area contributed by atoms with Gasteiger partial charge in [-0.3, -0.25) is 4.79 Å². The molecule has 4 nitrogen and oxygen atoms in total. The molecule has 2 unspecified atom stereocenters. The standard InChI is InChI=1S/C47H91NO3/c1-38(2)23-21-25-40(5)30-35-50-42(7)46(9,10)32-19-15-17-27-44(37-45(49)29-34-48(13)14)28-18-16-20-33-47(11,12)43(8)51-36-31-41(6)26-22-24-39(3)4/h38-41,44H,7-8,15-37H2,1-6,9-14H3. The molecular formula is C47H91NO3. The van der Waals surface area contributed by atoms with Gasteiger partial charge in [0, 0.05) is 30.2 Å². The molecule has 0 aliphatic heterocycles. The van der Waals surface area contributed by atoms with Crippen LogP contribution in [-0.2, 0) is 14.3 Å². The maximum absolute atomic E-state index is 12.9. The minimum Gasteiger partial charge on any atom is -0.498 e. The first-order valence-corrected chi connectivity index (χ1v) is 21.7. The summed E-state index contributed by atoms with van der Waals surface area (Å²) in [5.74, 6) is 5.84. The molecule has 0 aromatic carbocycles. The number of carbonyl (C=O) groups is 1. The number of carbonyl (C=O) groups excluding carboxylic acids is 1. The molecule has 0 saturated heterocycles. The highest BCUT2D eigenvalue weighted by molar-refractivity contribution is 5.78. The lowest BCUT2D eigenvalue weighted by Crippen LogP contribution is -2.19. The van der Waals surface area contributed by atoms with E-state index in [0.717, 1.165) is 88.1 Å². The predicted octanol–water partition coefficient (Wildman–Crippen LogP) is 14.2. The normalized spacial score (nSPS) is 14.3. The minimum absolute atomic E-state index is 0.00185. The van der Waals surface area contributed by atoms with Crippen molar-refractivity contribution in [1.82, 2.24) is 4.90 Å². The van der Waals surface area contributed by atoms with Crippen LogP contribution in [-0.4, -0.2) is 44.5 Å². The molecule has 51 heavy (non-hydrogen) atoms. The molecule has 0 aliphatic rings. The zero-order valence-corrected chi connectivity index (χ0v) is 36.7. The van der Waals surface area contributed by atoms with Gasteiger partial charge in [-0.1, -0.05) is 172 Å². The van der Waals surface area contributed by atoms with Crippen molar-refractivity contribution in [3.05, 3.63) is 24.7 Å². The van der Waals surface area contributed by atoms with Gasteiger partial charge in [-0.05, 0) is 69.4 Å². The lowest BCUT2D eigenvalue weighted by molar-refractivity contribution is -0.120. The van der Waals surface area contributed by atoms with E-state index in [1.54, 1.807) is 0 Å². The van der Waals surface area contributed by atoms with Crippen LogP contribution in [0.1, 0.15) is 198 Å². The summed E-state index contributed by atoms with van der Waals surface area (Å²) >= 11 is 0. The summed E-state index contributed by atoms with van der Waals surface area (Å²) in [5, 5.41) is 0. The molecule has 2 atom stereocenters. The Morgan fingerprint density at radius 2 is 0.980 bits per heavy atom. The van der Waals surface area contributed by atoms with E-state index in [0.29, 0.717) is 30.0 Å². The average molecular weight is 718 g/mol. The number of nitrogens with zero attached hydrogens (tertiary/aromatic N) is 1. The number of unbranched alkanes of at least 4 members (excludes halogenated alkanes) is 4. The predicted molar refractivity (Wildman–Crippen MR) is 225 cm³/mol. The summed E-state index contributed by atoms with van der Waals surface area (Å²) in [4.78, 5) is 15.0. The molecule has 0 fully saturated rings. The van der Waals surface area contributed by atoms with Gasteiger partial charge in [0.1, 0.15) is 5.78 Å². The van der Waals surface area contributed by atoms with Crippen molar-refractivity contribution >= 4 is 5.78 Å². The minimum atomic E-state index is -0.00185. The number of hydrogen-bond acceptors (Lipinski definition) is 4. The van der Waals surface area contributed by atoms with Gasteiger partial charge >= 0.3 is 0 Å². The van der Waals surface area contributed by atoms with E-state index in [2.05, 4.69) is 101 Å². The van der Waals surface area contributed by atoms with Gasteiger partial charge in [0.05, 0.1) is 24.7 Å². The van der Waals surface area contributed by atoms with Crippen LogP contribution in [0.2, 0.25) is 0 Å². The largest absolute Gasteiger partial charge is 0.498 e. The zero-order chi connectivity index (χ0) is 38.9. The van der Waals surface area contributed by atoms with E-state index in [9.17, 15) is 4.79 Å². The molecule has 0 aromatic rings. The SMILES string of the molecule is C=C(OCCC(C)CCCC(C)C)C(C)(C)CCCCCC(CCCCCC(C)(C)C(=C)OCCC(C)CCCC(C)C)CC(=O)CCN(C)C. The van der Waals surface area contributed by atoms with E-state index >= 15 is 0 Å². The highest BCUT2D eigenvalue weighted by Crippen LogP contribution is 2.35. The summed E-state index contributed by atoms with van der Waals surface area (Å²) in [5.41, 5.74) is -0.00370. The second-order valence-electron chi connectivity index (χ2n) is 19.1. The van der Waals surface area contributed by atoms with Gasteiger partial charge < -0.3 is 14.4 Å². The third kappa shape index (κ3) is 27.9. The van der Waals surface area contributed by atoms with Crippen LogP contribution in [0.5, 0.6) is 0 Å². The third-order valence-electron chi connectivity index (χ3n) is 11.4. The Morgan fingerprint density at radius 1 is 0.569 bits per heavy atom. The maximum atomic E-state index is 12.9. The number of allylic oxidation sites excluding steroid dienone is 2. The van der Waals surface area contributed by atoms with Crippen LogP contribution < -0.4 is 0 Å². The smallest absolute Gasteiger partial charge is 0.134 e. The highest BCUT2D eigenvalue weighted by Gasteiger charge is 2.25. The Morgan fingerprint density at radius 3 is 1.35 bits per heavy atom. The Bertz CT molecular complexity index is 841. The molecule has 0 saturated carbocycles. The van der Waals surface area contributed by atoms with Crippen molar-refractivity contribution in [1.29, 1.82) is 0 Å². The zero-order valence-electron chi connectivity index (χ0n) is 36.7. The van der Waals surface area contributed by atoms with Crippen LogP contribution in [0.3, 0.4) is 0 Å². The van der Waals surface area contributed by atoms with E-state index in [4.69, 9.17) is 9.47 Å². The first kappa shape index (κ1) is 49.7. The number of rotatable bonds is 35. The Labute approximate surface area is 320 Å². The molecular weight excluding hydrogens is 627 g/mol. The molecule has 0 radical (unpaired) electrons. The first-order valence-electron chi connectivity index (χ1n) is 21.7. The maximum Gasteiger partial charge on any atom is 0.134 e. The van der Waals surface area contributed by atoms with Crippen molar-refractivity contribution in [2.45, 2.75) is 198 Å². The van der Waals surface area contributed by atoms with Gasteiger partial charge in [0.2, 0.25) is 0 Å². The molecule has 0 heterocycles. The fourth-order valence-electron chi connectivity index (χ4n) is 6.95. The van der Waals surface area contributed by atoms with Crippen LogP contribution in [0.4, 0.5) is 0 Å². The summed E-state index contributed by atoms with van der Waals surface area (Å²) < 4.78 is 12.4. The van der Waals surface area contributed by atoms with Gasteiger partial charge in [-0.2, -0.15) is 0 Å². The monoisotopic (exact) mass is 718 g/mol. The van der Waals surface area contributed by atoms with Gasteiger partial charge in [-0.25, -0.2) is 0 Å². The van der Waals surface area contributed by atoms with E-state index in [1.807, 2.05) is 0 Å². The van der Waals surface area contributed by atoms with Gasteiger partial charge in [0.25, 0.3) is 0 Å². The lowest BCUT2D eigenvalue weighted by Gasteiger charge is -2.28. The Kier molecular flexibility index (Phi) is 27.5. The van der Waals surface area contributed by atoms with Crippen molar-refractivity contribution in [2.24, 2.45) is 40.4 Å². The van der Waals surface area contributed by atoms with Gasteiger partial charge in [-0.15, -0.1) is 0 Å². The summed E-state index contributed by atoms with van der Waals surface area (Å²) in [6, 6.07) is 0. The van der Waals surface area contributed by atoms with Crippen molar-refractivity contribution in [3.63, 3.8) is 0 Å². The third-order valence-corrected chi connectivity index (χ3v) is 11.4. The van der Waals surface area contributed by atoms with Crippen LogP contribution in [0.15, 0.2) is 24.7 Å². The van der Waals surface area contributed by atoms with E-state index in [-0.39, 0.29) is 10.8 Å². The number of ketones is 1. The highest BCUT2D eigenvalue weighted by atomic mass is 16.5.